The summed E-state index contributed by atoms with van der Waals surface area (Å²) in [5, 5.41) is 7.19. The SMILES string of the molecule is C[C@H]1CN(C(=O)CCC2(C3CC3)NC(=O)CC2=O)CCN1c1cccc(-c2cnn(C)c2)c1. The van der Waals surface area contributed by atoms with Gasteiger partial charge in [-0.1, -0.05) is 12.1 Å². The molecule has 1 aliphatic carbocycles. The van der Waals surface area contributed by atoms with Gasteiger partial charge in [-0.3, -0.25) is 19.1 Å². The summed E-state index contributed by atoms with van der Waals surface area (Å²) in [7, 11) is 1.91. The van der Waals surface area contributed by atoms with Crippen molar-refractivity contribution < 1.29 is 14.4 Å². The Morgan fingerprint density at radius 1 is 1.21 bits per heavy atom. The lowest BCUT2D eigenvalue weighted by Gasteiger charge is -2.41. The molecule has 3 heterocycles. The molecule has 2 aromatic rings. The van der Waals surface area contributed by atoms with Crippen molar-refractivity contribution in [2.24, 2.45) is 13.0 Å². The minimum Gasteiger partial charge on any atom is -0.365 e. The van der Waals surface area contributed by atoms with Crippen LogP contribution in [0.5, 0.6) is 0 Å². The molecule has 2 aliphatic heterocycles. The molecule has 2 saturated heterocycles. The highest BCUT2D eigenvalue weighted by molar-refractivity contribution is 6.10. The van der Waals surface area contributed by atoms with Crippen molar-refractivity contribution in [1.82, 2.24) is 20.0 Å². The van der Waals surface area contributed by atoms with Gasteiger partial charge in [0.15, 0.2) is 5.78 Å². The highest BCUT2D eigenvalue weighted by Crippen LogP contribution is 2.45. The van der Waals surface area contributed by atoms with E-state index in [1.54, 1.807) is 4.68 Å². The fourth-order valence-electron chi connectivity index (χ4n) is 5.44. The van der Waals surface area contributed by atoms with E-state index in [4.69, 9.17) is 0 Å². The average Bonchev–Trinajstić information content (AvgIpc) is 3.50. The van der Waals surface area contributed by atoms with Crippen molar-refractivity contribution in [2.75, 3.05) is 24.5 Å². The number of benzene rings is 1. The number of aromatic nitrogens is 2. The van der Waals surface area contributed by atoms with Crippen molar-refractivity contribution in [3.63, 3.8) is 0 Å². The zero-order valence-electron chi connectivity index (χ0n) is 19.3. The standard InChI is InChI=1S/C25H31N5O3/c1-17-15-29(24(33)8-9-25(20-6-7-20)22(31)13-23(32)27-25)10-11-30(17)21-5-3-4-18(12-21)19-14-26-28(2)16-19/h3-5,12,14,16-17,20H,6-11,13,15H2,1-2H3,(H,27,32)/t17-,25?/m0/s1. The van der Waals surface area contributed by atoms with Crippen LogP contribution in [0.2, 0.25) is 0 Å². The van der Waals surface area contributed by atoms with Crippen LogP contribution in [0.4, 0.5) is 5.69 Å². The van der Waals surface area contributed by atoms with E-state index in [9.17, 15) is 14.4 Å². The molecule has 0 bridgehead atoms. The molecular formula is C25H31N5O3. The third kappa shape index (κ3) is 4.14. The van der Waals surface area contributed by atoms with Gasteiger partial charge in [-0.15, -0.1) is 0 Å². The molecule has 2 amide bonds. The second-order valence-corrected chi connectivity index (χ2v) is 9.73. The monoisotopic (exact) mass is 449 g/mol. The Bertz CT molecular complexity index is 1090. The Morgan fingerprint density at radius 3 is 2.67 bits per heavy atom. The lowest BCUT2D eigenvalue weighted by molar-refractivity contribution is -0.133. The van der Waals surface area contributed by atoms with E-state index >= 15 is 0 Å². The number of ketones is 1. The number of aryl methyl sites for hydroxylation is 1. The number of amides is 2. The maximum Gasteiger partial charge on any atom is 0.228 e. The van der Waals surface area contributed by atoms with Gasteiger partial charge in [-0.05, 0) is 49.8 Å². The molecule has 3 aliphatic rings. The van der Waals surface area contributed by atoms with Crippen LogP contribution in [0.3, 0.4) is 0 Å². The lowest BCUT2D eigenvalue weighted by Crippen LogP contribution is -2.54. The maximum absolute atomic E-state index is 13.0. The van der Waals surface area contributed by atoms with Gasteiger partial charge in [0, 0.05) is 56.6 Å². The largest absolute Gasteiger partial charge is 0.365 e. The average molecular weight is 450 g/mol. The highest BCUT2D eigenvalue weighted by Gasteiger charge is 2.55. The van der Waals surface area contributed by atoms with Gasteiger partial charge in [-0.25, -0.2) is 0 Å². The maximum atomic E-state index is 13.0. The fraction of sp³-hybridized carbons (Fsp3) is 0.520. The van der Waals surface area contributed by atoms with Gasteiger partial charge < -0.3 is 15.1 Å². The van der Waals surface area contributed by atoms with E-state index < -0.39 is 5.54 Å². The molecule has 1 aromatic carbocycles. The van der Waals surface area contributed by atoms with Gasteiger partial charge in [0.2, 0.25) is 11.8 Å². The van der Waals surface area contributed by atoms with Gasteiger partial charge >= 0.3 is 0 Å². The topological polar surface area (TPSA) is 87.5 Å². The van der Waals surface area contributed by atoms with E-state index in [1.807, 2.05) is 24.3 Å². The van der Waals surface area contributed by atoms with Crippen molar-refractivity contribution in [1.29, 1.82) is 0 Å². The Hall–Kier alpha value is -3.16. The number of rotatable bonds is 6. The molecule has 0 spiro atoms. The molecule has 3 fully saturated rings. The number of carbonyl (C=O) groups excluding carboxylic acids is 3. The summed E-state index contributed by atoms with van der Waals surface area (Å²) in [6.07, 6.45) is 6.45. The molecule has 8 heteroatoms. The fourth-order valence-corrected chi connectivity index (χ4v) is 5.44. The first-order valence-electron chi connectivity index (χ1n) is 11.8. The molecule has 1 unspecified atom stereocenters. The number of hydrogen-bond donors (Lipinski definition) is 1. The van der Waals surface area contributed by atoms with Crippen LogP contribution < -0.4 is 10.2 Å². The normalized spacial score (nSPS) is 25.5. The van der Waals surface area contributed by atoms with Crippen LogP contribution in [-0.2, 0) is 21.4 Å². The van der Waals surface area contributed by atoms with E-state index in [1.165, 1.54) is 0 Å². The third-order valence-electron chi connectivity index (χ3n) is 7.38. The molecule has 1 aromatic heterocycles. The molecular weight excluding hydrogens is 418 g/mol. The summed E-state index contributed by atoms with van der Waals surface area (Å²) in [5.74, 6) is 0.0382. The molecule has 174 valence electrons. The Morgan fingerprint density at radius 2 is 2.03 bits per heavy atom. The number of piperazine rings is 1. The lowest BCUT2D eigenvalue weighted by atomic mass is 9.85. The molecule has 33 heavy (non-hydrogen) atoms. The number of nitrogens with one attached hydrogen (secondary N) is 1. The summed E-state index contributed by atoms with van der Waals surface area (Å²) >= 11 is 0. The minimum absolute atomic E-state index is 0.0329. The van der Waals surface area contributed by atoms with Gasteiger partial charge in [-0.2, -0.15) is 5.10 Å². The van der Waals surface area contributed by atoms with Crippen LogP contribution in [0.25, 0.3) is 11.1 Å². The van der Waals surface area contributed by atoms with Gasteiger partial charge in [0.25, 0.3) is 0 Å². The van der Waals surface area contributed by atoms with Crippen molar-refractivity contribution in [3.05, 3.63) is 36.7 Å². The quantitative estimate of drug-likeness (QED) is 0.683. The molecule has 8 nitrogen and oxygen atoms in total. The first-order valence-corrected chi connectivity index (χ1v) is 11.8. The summed E-state index contributed by atoms with van der Waals surface area (Å²) < 4.78 is 1.80. The zero-order chi connectivity index (χ0) is 23.2. The van der Waals surface area contributed by atoms with Crippen LogP contribution in [-0.4, -0.2) is 63.5 Å². The first kappa shape index (κ1) is 21.7. The van der Waals surface area contributed by atoms with E-state index in [-0.39, 0.29) is 36.0 Å². The molecule has 1 saturated carbocycles. The molecule has 5 rings (SSSR count). The van der Waals surface area contributed by atoms with Crippen LogP contribution in [0.15, 0.2) is 36.7 Å². The van der Waals surface area contributed by atoms with Crippen molar-refractivity contribution >= 4 is 23.3 Å². The van der Waals surface area contributed by atoms with Crippen LogP contribution in [0, 0.1) is 5.92 Å². The van der Waals surface area contributed by atoms with Crippen molar-refractivity contribution in [3.8, 4) is 11.1 Å². The number of anilines is 1. The van der Waals surface area contributed by atoms with E-state index in [0.717, 1.165) is 36.2 Å². The molecule has 2 atom stereocenters. The predicted molar refractivity (Wildman–Crippen MR) is 124 cm³/mol. The number of carbonyl (C=O) groups is 3. The number of Topliss-reactive ketones (excluding diaryl/α,β-unsaturated/α-hetero) is 1. The smallest absolute Gasteiger partial charge is 0.228 e. The van der Waals surface area contributed by atoms with E-state index in [0.29, 0.717) is 25.9 Å². The Kier molecular flexibility index (Phi) is 5.46. The Labute approximate surface area is 193 Å². The minimum atomic E-state index is -0.799. The van der Waals surface area contributed by atoms with Gasteiger partial charge in [0.05, 0.1) is 12.6 Å². The summed E-state index contributed by atoms with van der Waals surface area (Å²) in [5.41, 5.74) is 2.55. The number of hydrogen-bond acceptors (Lipinski definition) is 5. The second-order valence-electron chi connectivity index (χ2n) is 9.73. The zero-order valence-corrected chi connectivity index (χ0v) is 19.3. The van der Waals surface area contributed by atoms with Crippen LogP contribution >= 0.6 is 0 Å². The summed E-state index contributed by atoms with van der Waals surface area (Å²) in [6.45, 7) is 4.19. The number of nitrogens with zero attached hydrogens (tertiary/aromatic N) is 4. The Balaban J connectivity index is 1.21. The van der Waals surface area contributed by atoms with Crippen LogP contribution in [0.1, 0.15) is 39.0 Å². The second kappa shape index (κ2) is 8.32. The molecule has 0 radical (unpaired) electrons. The van der Waals surface area contributed by atoms with Crippen molar-refractivity contribution in [2.45, 2.75) is 50.6 Å². The van der Waals surface area contributed by atoms with E-state index in [2.05, 4.69) is 46.5 Å². The summed E-state index contributed by atoms with van der Waals surface area (Å²) in [4.78, 5) is 41.7. The van der Waals surface area contributed by atoms with Gasteiger partial charge in [0.1, 0.15) is 5.54 Å². The summed E-state index contributed by atoms with van der Waals surface area (Å²) in [6, 6.07) is 8.62. The predicted octanol–water partition coefficient (Wildman–Crippen LogP) is 2.14. The first-order chi connectivity index (χ1) is 15.9. The highest BCUT2D eigenvalue weighted by atomic mass is 16.2. The third-order valence-corrected chi connectivity index (χ3v) is 7.38. The molecule has 1 N–H and O–H groups in total.